The fraction of sp³-hybridized carbons (Fsp3) is 0.417. The Labute approximate surface area is 187 Å². The van der Waals surface area contributed by atoms with Crippen molar-refractivity contribution in [3.05, 3.63) is 71.8 Å². The van der Waals surface area contributed by atoms with E-state index in [0.29, 0.717) is 11.8 Å². The normalized spacial score (nSPS) is 19.2. The summed E-state index contributed by atoms with van der Waals surface area (Å²) in [6.45, 7) is 3.74. The van der Waals surface area contributed by atoms with Gasteiger partial charge in [0.15, 0.2) is 11.6 Å². The van der Waals surface area contributed by atoms with Crippen molar-refractivity contribution >= 4 is 0 Å². The number of benzene rings is 2. The quantitative estimate of drug-likeness (QED) is 0.282. The van der Waals surface area contributed by atoms with Gasteiger partial charge in [-0.3, -0.25) is 0 Å². The summed E-state index contributed by atoms with van der Waals surface area (Å²) in [5.74, 6) is -4.95. The molecule has 2 nitrogen and oxygen atoms in total. The maximum absolute atomic E-state index is 14.4. The predicted octanol–water partition coefficient (Wildman–Crippen LogP) is 8.23. The standard InChI is InChI=1S/C24H23F7O2/c1-2-3-4-15-5-7-16(8-6-15)17-9-11-19(12-10-17)32-23(27,28)18-13-20(25)22(21(26)14-18)33-24(29,30)31/h2,9-16H,1,3-8H2. The van der Waals surface area contributed by atoms with Crippen LogP contribution in [0.1, 0.15) is 55.6 Å². The maximum Gasteiger partial charge on any atom is 0.573 e. The summed E-state index contributed by atoms with van der Waals surface area (Å²) in [7, 11) is 0. The van der Waals surface area contributed by atoms with Crippen LogP contribution in [0, 0.1) is 17.6 Å². The minimum Gasteiger partial charge on any atom is -0.429 e. The molecule has 0 aromatic heterocycles. The smallest absolute Gasteiger partial charge is 0.429 e. The fourth-order valence-electron chi connectivity index (χ4n) is 4.09. The molecule has 0 radical (unpaired) electrons. The SMILES string of the molecule is C=CCCC1CCC(c2ccc(OC(F)(F)c3cc(F)c(OC(F)(F)F)c(F)c3)cc2)CC1. The van der Waals surface area contributed by atoms with Crippen molar-refractivity contribution in [3.63, 3.8) is 0 Å². The molecule has 0 saturated heterocycles. The highest BCUT2D eigenvalue weighted by Crippen LogP contribution is 2.40. The molecule has 0 N–H and O–H groups in total. The summed E-state index contributed by atoms with van der Waals surface area (Å²) >= 11 is 0. The summed E-state index contributed by atoms with van der Waals surface area (Å²) in [5, 5.41) is 0. The first-order valence-corrected chi connectivity index (χ1v) is 10.5. The van der Waals surface area contributed by atoms with E-state index in [0.717, 1.165) is 44.1 Å². The third-order valence-corrected chi connectivity index (χ3v) is 5.78. The van der Waals surface area contributed by atoms with Crippen molar-refractivity contribution in [1.29, 1.82) is 0 Å². The van der Waals surface area contributed by atoms with Gasteiger partial charge in [0.1, 0.15) is 5.75 Å². The van der Waals surface area contributed by atoms with Gasteiger partial charge >= 0.3 is 12.5 Å². The van der Waals surface area contributed by atoms with Gasteiger partial charge in [-0.15, -0.1) is 19.8 Å². The largest absolute Gasteiger partial charge is 0.573 e. The van der Waals surface area contributed by atoms with Crippen LogP contribution in [0.15, 0.2) is 49.1 Å². The van der Waals surface area contributed by atoms with Crippen molar-refractivity contribution in [3.8, 4) is 11.5 Å². The van der Waals surface area contributed by atoms with Crippen LogP contribution in [0.25, 0.3) is 0 Å². The Bertz CT molecular complexity index is 923. The second-order valence-electron chi connectivity index (χ2n) is 8.09. The van der Waals surface area contributed by atoms with E-state index in [-0.39, 0.29) is 17.9 Å². The molecule has 0 amide bonds. The van der Waals surface area contributed by atoms with Crippen molar-refractivity contribution in [1.82, 2.24) is 0 Å². The highest BCUT2D eigenvalue weighted by Gasteiger charge is 2.39. The minimum absolute atomic E-state index is 0.0450. The van der Waals surface area contributed by atoms with Crippen LogP contribution in [0.4, 0.5) is 30.7 Å². The van der Waals surface area contributed by atoms with Gasteiger partial charge in [-0.25, -0.2) is 8.78 Å². The lowest BCUT2D eigenvalue weighted by molar-refractivity contribution is -0.276. The number of ether oxygens (including phenoxy) is 2. The maximum atomic E-state index is 14.4. The number of allylic oxidation sites excluding steroid dienone is 1. The molecule has 33 heavy (non-hydrogen) atoms. The van der Waals surface area contributed by atoms with Crippen LogP contribution in [-0.2, 0) is 6.11 Å². The van der Waals surface area contributed by atoms with Crippen molar-refractivity contribution in [2.24, 2.45) is 5.92 Å². The Morgan fingerprint density at radius 3 is 1.97 bits per heavy atom. The molecule has 0 spiro atoms. The second kappa shape index (κ2) is 10.1. The van der Waals surface area contributed by atoms with Crippen LogP contribution in [0.3, 0.4) is 0 Å². The molecular weight excluding hydrogens is 453 g/mol. The number of hydrogen-bond acceptors (Lipinski definition) is 2. The molecule has 0 heterocycles. The first kappa shape index (κ1) is 24.9. The van der Waals surface area contributed by atoms with Gasteiger partial charge in [0.2, 0.25) is 5.75 Å². The fourth-order valence-corrected chi connectivity index (χ4v) is 4.09. The first-order chi connectivity index (χ1) is 15.5. The topological polar surface area (TPSA) is 18.5 Å². The average Bonchev–Trinajstić information content (AvgIpc) is 2.75. The highest BCUT2D eigenvalue weighted by molar-refractivity contribution is 5.35. The van der Waals surface area contributed by atoms with Gasteiger partial charge < -0.3 is 9.47 Å². The molecule has 0 unspecified atom stereocenters. The molecule has 2 aromatic rings. The molecular formula is C24H23F7O2. The zero-order chi connectivity index (χ0) is 24.2. The molecule has 3 rings (SSSR count). The van der Waals surface area contributed by atoms with Gasteiger partial charge in [-0.1, -0.05) is 18.2 Å². The number of halogens is 7. The molecule has 0 aliphatic heterocycles. The van der Waals surface area contributed by atoms with Crippen molar-refractivity contribution in [2.45, 2.75) is 56.9 Å². The number of rotatable bonds is 8. The van der Waals surface area contributed by atoms with E-state index in [1.54, 1.807) is 12.1 Å². The van der Waals surface area contributed by atoms with Crippen molar-refractivity contribution in [2.75, 3.05) is 0 Å². The molecule has 180 valence electrons. The van der Waals surface area contributed by atoms with Gasteiger partial charge in [0.05, 0.1) is 5.56 Å². The monoisotopic (exact) mass is 476 g/mol. The summed E-state index contributed by atoms with van der Waals surface area (Å²) in [4.78, 5) is 0. The first-order valence-electron chi connectivity index (χ1n) is 10.5. The summed E-state index contributed by atoms with van der Waals surface area (Å²) in [6, 6.07) is 6.09. The zero-order valence-corrected chi connectivity index (χ0v) is 17.6. The lowest BCUT2D eigenvalue weighted by Crippen LogP contribution is -2.24. The molecule has 0 bridgehead atoms. The molecule has 1 fully saturated rings. The van der Waals surface area contributed by atoms with Crippen molar-refractivity contribution < 1.29 is 40.2 Å². The van der Waals surface area contributed by atoms with Crippen LogP contribution in [-0.4, -0.2) is 6.36 Å². The molecule has 9 heteroatoms. The molecule has 1 saturated carbocycles. The van der Waals surface area contributed by atoms with Gasteiger partial charge in [0.25, 0.3) is 0 Å². The van der Waals surface area contributed by atoms with E-state index in [1.165, 1.54) is 12.1 Å². The summed E-state index contributed by atoms with van der Waals surface area (Å²) in [5.41, 5.74) is -0.299. The lowest BCUT2D eigenvalue weighted by Gasteiger charge is -2.28. The number of alkyl halides is 5. The molecule has 1 aliphatic carbocycles. The molecule has 2 aromatic carbocycles. The van der Waals surface area contributed by atoms with Crippen LogP contribution < -0.4 is 9.47 Å². The zero-order valence-electron chi connectivity index (χ0n) is 17.6. The molecule has 1 aliphatic rings. The highest BCUT2D eigenvalue weighted by atomic mass is 19.4. The third-order valence-electron chi connectivity index (χ3n) is 5.78. The van der Waals surface area contributed by atoms with E-state index in [1.807, 2.05) is 6.08 Å². The Kier molecular flexibility index (Phi) is 7.59. The van der Waals surface area contributed by atoms with Crippen LogP contribution in [0.2, 0.25) is 0 Å². The third kappa shape index (κ3) is 6.65. The van der Waals surface area contributed by atoms with E-state index in [2.05, 4.69) is 16.1 Å². The Balaban J connectivity index is 1.66. The minimum atomic E-state index is -5.38. The van der Waals surface area contributed by atoms with E-state index >= 15 is 0 Å². The lowest BCUT2D eigenvalue weighted by atomic mass is 9.77. The van der Waals surface area contributed by atoms with E-state index < -0.39 is 35.4 Å². The van der Waals surface area contributed by atoms with Gasteiger partial charge in [0, 0.05) is 0 Å². The molecule has 0 atom stereocenters. The second-order valence-corrected chi connectivity index (χ2v) is 8.09. The van der Waals surface area contributed by atoms with Gasteiger partial charge in [-0.05, 0) is 80.2 Å². The Hall–Kier alpha value is -2.71. The van der Waals surface area contributed by atoms with Crippen LogP contribution >= 0.6 is 0 Å². The summed E-state index contributed by atoms with van der Waals surface area (Å²) < 4.78 is 101. The van der Waals surface area contributed by atoms with E-state index in [4.69, 9.17) is 0 Å². The van der Waals surface area contributed by atoms with Crippen LogP contribution in [0.5, 0.6) is 11.5 Å². The predicted molar refractivity (Wildman–Crippen MR) is 108 cm³/mol. The Morgan fingerprint density at radius 1 is 0.879 bits per heavy atom. The van der Waals surface area contributed by atoms with Gasteiger partial charge in [-0.2, -0.15) is 8.78 Å². The average molecular weight is 476 g/mol. The van der Waals surface area contributed by atoms with E-state index in [9.17, 15) is 30.7 Å². The summed E-state index contributed by atoms with van der Waals surface area (Å²) in [6.07, 6.45) is -1.41. The Morgan fingerprint density at radius 2 is 1.45 bits per heavy atom. The number of hydrogen-bond donors (Lipinski definition) is 0.